The third kappa shape index (κ3) is 2.96. The van der Waals surface area contributed by atoms with Crippen LogP contribution in [0.15, 0.2) is 0 Å². The van der Waals surface area contributed by atoms with E-state index in [0.29, 0.717) is 6.42 Å². The molecule has 0 radical (unpaired) electrons. The predicted molar refractivity (Wildman–Crippen MR) is 55.0 cm³/mol. The van der Waals surface area contributed by atoms with Gasteiger partial charge in [-0.05, 0) is 32.9 Å². The minimum absolute atomic E-state index is 0.0806. The van der Waals surface area contributed by atoms with Gasteiger partial charge in [-0.25, -0.2) is 0 Å². The Hall–Kier alpha value is -0.610. The summed E-state index contributed by atoms with van der Waals surface area (Å²) in [6, 6.07) is 0.0806. The molecule has 4 nitrogen and oxygen atoms in total. The summed E-state index contributed by atoms with van der Waals surface area (Å²) in [6.07, 6.45) is 3.46. The van der Waals surface area contributed by atoms with Crippen molar-refractivity contribution in [3.8, 4) is 0 Å². The van der Waals surface area contributed by atoms with Crippen molar-refractivity contribution in [2.75, 3.05) is 26.7 Å². The molecule has 1 atom stereocenters. The zero-order chi connectivity index (χ0) is 10.4. The van der Waals surface area contributed by atoms with Gasteiger partial charge in [-0.1, -0.05) is 0 Å². The van der Waals surface area contributed by atoms with Gasteiger partial charge < -0.3 is 15.3 Å². The summed E-state index contributed by atoms with van der Waals surface area (Å²) in [4.78, 5) is 13.5. The highest BCUT2D eigenvalue weighted by Crippen LogP contribution is 2.17. The monoisotopic (exact) mass is 200 g/mol. The Labute approximate surface area is 85.3 Å². The summed E-state index contributed by atoms with van der Waals surface area (Å²) in [5.74, 6) is 0.191. The maximum atomic E-state index is 11.7. The Morgan fingerprint density at radius 3 is 3.07 bits per heavy atom. The minimum Gasteiger partial charge on any atom is -0.394 e. The molecule has 0 bridgehead atoms. The van der Waals surface area contributed by atoms with Crippen molar-refractivity contribution in [2.45, 2.75) is 31.7 Å². The lowest BCUT2D eigenvalue weighted by molar-refractivity contribution is -0.132. The molecule has 1 aliphatic rings. The van der Waals surface area contributed by atoms with Crippen molar-refractivity contribution in [1.82, 2.24) is 10.2 Å². The van der Waals surface area contributed by atoms with Crippen molar-refractivity contribution in [3.63, 3.8) is 0 Å². The highest BCUT2D eigenvalue weighted by Gasteiger charge is 2.27. The van der Waals surface area contributed by atoms with Gasteiger partial charge in [-0.15, -0.1) is 0 Å². The molecule has 1 heterocycles. The van der Waals surface area contributed by atoms with Gasteiger partial charge in [0.1, 0.15) is 0 Å². The van der Waals surface area contributed by atoms with E-state index >= 15 is 0 Å². The zero-order valence-corrected chi connectivity index (χ0v) is 8.83. The van der Waals surface area contributed by atoms with Gasteiger partial charge in [0.25, 0.3) is 0 Å². The average Bonchev–Trinajstić information content (AvgIpc) is 2.65. The van der Waals surface area contributed by atoms with Crippen molar-refractivity contribution < 1.29 is 9.90 Å². The van der Waals surface area contributed by atoms with Crippen LogP contribution in [0, 0.1) is 0 Å². The van der Waals surface area contributed by atoms with Crippen LogP contribution in [0.2, 0.25) is 0 Å². The van der Waals surface area contributed by atoms with Crippen LogP contribution in [0.5, 0.6) is 0 Å². The first-order valence-corrected chi connectivity index (χ1v) is 5.34. The molecular formula is C10H20N2O2. The van der Waals surface area contributed by atoms with Crippen molar-refractivity contribution >= 4 is 5.91 Å². The standard InChI is InChI=1S/C10H20N2O2/c1-11-6-2-5-10(14)12-7-3-4-9(12)8-13/h9,11,13H,2-8H2,1H3/t9-/m1/s1. The molecule has 0 saturated carbocycles. The molecule has 14 heavy (non-hydrogen) atoms. The van der Waals surface area contributed by atoms with Gasteiger partial charge >= 0.3 is 0 Å². The summed E-state index contributed by atoms with van der Waals surface area (Å²) in [5.41, 5.74) is 0. The number of hydrogen-bond donors (Lipinski definition) is 2. The SMILES string of the molecule is CNCCCC(=O)N1CCC[C@@H]1CO. The number of hydrogen-bond acceptors (Lipinski definition) is 3. The van der Waals surface area contributed by atoms with E-state index in [9.17, 15) is 4.79 Å². The Morgan fingerprint density at radius 2 is 2.43 bits per heavy atom. The van der Waals surface area contributed by atoms with Crippen molar-refractivity contribution in [2.24, 2.45) is 0 Å². The van der Waals surface area contributed by atoms with E-state index in [4.69, 9.17) is 5.11 Å². The van der Waals surface area contributed by atoms with E-state index in [1.807, 2.05) is 11.9 Å². The fourth-order valence-corrected chi connectivity index (χ4v) is 1.91. The molecule has 0 spiro atoms. The number of aliphatic hydroxyl groups is 1. The number of carbonyl (C=O) groups is 1. The topological polar surface area (TPSA) is 52.6 Å². The second-order valence-electron chi connectivity index (χ2n) is 3.77. The molecule has 2 N–H and O–H groups in total. The average molecular weight is 200 g/mol. The molecule has 4 heteroatoms. The smallest absolute Gasteiger partial charge is 0.222 e. The maximum Gasteiger partial charge on any atom is 0.222 e. The fourth-order valence-electron chi connectivity index (χ4n) is 1.91. The number of carbonyl (C=O) groups excluding carboxylic acids is 1. The summed E-state index contributed by atoms with van der Waals surface area (Å²) < 4.78 is 0. The van der Waals surface area contributed by atoms with Crippen LogP contribution in [0.4, 0.5) is 0 Å². The number of nitrogens with zero attached hydrogens (tertiary/aromatic N) is 1. The zero-order valence-electron chi connectivity index (χ0n) is 8.83. The van der Waals surface area contributed by atoms with Crippen LogP contribution in [0.1, 0.15) is 25.7 Å². The first kappa shape index (κ1) is 11.5. The summed E-state index contributed by atoms with van der Waals surface area (Å²) in [6.45, 7) is 1.81. The third-order valence-electron chi connectivity index (χ3n) is 2.73. The van der Waals surface area contributed by atoms with Gasteiger partial charge in [0.15, 0.2) is 0 Å². The number of likely N-dealkylation sites (tertiary alicyclic amines) is 1. The van der Waals surface area contributed by atoms with Crippen LogP contribution in [0.25, 0.3) is 0 Å². The van der Waals surface area contributed by atoms with Gasteiger partial charge in [0.2, 0.25) is 5.91 Å². The van der Waals surface area contributed by atoms with Gasteiger partial charge in [-0.2, -0.15) is 0 Å². The van der Waals surface area contributed by atoms with Crippen LogP contribution < -0.4 is 5.32 Å². The van der Waals surface area contributed by atoms with Gasteiger partial charge in [-0.3, -0.25) is 4.79 Å². The lowest BCUT2D eigenvalue weighted by Crippen LogP contribution is -2.37. The number of amides is 1. The largest absolute Gasteiger partial charge is 0.394 e. The molecule has 82 valence electrons. The maximum absolute atomic E-state index is 11.7. The third-order valence-corrected chi connectivity index (χ3v) is 2.73. The summed E-state index contributed by atoms with van der Waals surface area (Å²) in [5, 5.41) is 12.1. The first-order valence-electron chi connectivity index (χ1n) is 5.34. The normalized spacial score (nSPS) is 21.6. The molecular weight excluding hydrogens is 180 g/mol. The second kappa shape index (κ2) is 5.98. The molecule has 0 unspecified atom stereocenters. The molecule has 0 aromatic heterocycles. The summed E-state index contributed by atoms with van der Waals surface area (Å²) in [7, 11) is 1.89. The van der Waals surface area contributed by atoms with E-state index in [0.717, 1.165) is 32.4 Å². The van der Waals surface area contributed by atoms with Crippen LogP contribution in [-0.4, -0.2) is 48.7 Å². The number of nitrogens with one attached hydrogen (secondary N) is 1. The second-order valence-corrected chi connectivity index (χ2v) is 3.77. The van der Waals surface area contributed by atoms with Gasteiger partial charge in [0.05, 0.1) is 12.6 Å². The lowest BCUT2D eigenvalue weighted by atomic mass is 10.2. The highest BCUT2D eigenvalue weighted by atomic mass is 16.3. The summed E-state index contributed by atoms with van der Waals surface area (Å²) >= 11 is 0. The molecule has 0 aromatic carbocycles. The molecule has 1 amide bonds. The predicted octanol–water partition coefficient (Wildman–Crippen LogP) is -0.0307. The highest BCUT2D eigenvalue weighted by molar-refractivity contribution is 5.76. The van der Waals surface area contributed by atoms with E-state index in [-0.39, 0.29) is 18.6 Å². The van der Waals surface area contributed by atoms with Crippen LogP contribution >= 0.6 is 0 Å². The first-order chi connectivity index (χ1) is 6.79. The molecule has 1 fully saturated rings. The molecule has 0 aromatic rings. The number of aliphatic hydroxyl groups excluding tert-OH is 1. The fraction of sp³-hybridized carbons (Fsp3) is 0.900. The van der Waals surface area contributed by atoms with E-state index in [2.05, 4.69) is 5.32 Å². The van der Waals surface area contributed by atoms with E-state index in [1.54, 1.807) is 0 Å². The molecule has 1 rings (SSSR count). The Balaban J connectivity index is 2.28. The Kier molecular flexibility index (Phi) is 4.90. The van der Waals surface area contributed by atoms with Crippen molar-refractivity contribution in [3.05, 3.63) is 0 Å². The van der Waals surface area contributed by atoms with E-state index in [1.165, 1.54) is 0 Å². The Bertz CT molecular complexity index is 185. The number of rotatable bonds is 5. The Morgan fingerprint density at radius 1 is 1.64 bits per heavy atom. The molecule has 1 aliphatic heterocycles. The minimum atomic E-state index is 0.0806. The molecule has 1 saturated heterocycles. The molecule has 0 aliphatic carbocycles. The van der Waals surface area contributed by atoms with E-state index < -0.39 is 0 Å². The quantitative estimate of drug-likeness (QED) is 0.613. The van der Waals surface area contributed by atoms with Crippen LogP contribution in [0.3, 0.4) is 0 Å². The van der Waals surface area contributed by atoms with Crippen molar-refractivity contribution in [1.29, 1.82) is 0 Å². The van der Waals surface area contributed by atoms with Gasteiger partial charge in [0, 0.05) is 13.0 Å². The van der Waals surface area contributed by atoms with Crippen LogP contribution in [-0.2, 0) is 4.79 Å². The lowest BCUT2D eigenvalue weighted by Gasteiger charge is -2.22.